The number of aryl methyl sites for hydroxylation is 2. The molecular weight excluding hydrogens is 544 g/mol. The van der Waals surface area contributed by atoms with Gasteiger partial charge in [0.15, 0.2) is 0 Å². The van der Waals surface area contributed by atoms with Gasteiger partial charge in [0.1, 0.15) is 17.6 Å². The number of para-hydroxylation sites is 1. The molecule has 226 valence electrons. The molecule has 6 rings (SSSR count). The van der Waals surface area contributed by atoms with E-state index < -0.39 is 41.1 Å². The van der Waals surface area contributed by atoms with Crippen molar-refractivity contribution in [1.29, 1.82) is 0 Å². The van der Waals surface area contributed by atoms with Gasteiger partial charge in [-0.3, -0.25) is 14.4 Å². The molecule has 1 unspecified atom stereocenters. The third-order valence-corrected chi connectivity index (χ3v) is 9.57. The van der Waals surface area contributed by atoms with Gasteiger partial charge in [-0.2, -0.15) is 0 Å². The third kappa shape index (κ3) is 4.81. The van der Waals surface area contributed by atoms with Gasteiger partial charge in [-0.1, -0.05) is 72.8 Å². The number of benzene rings is 2. The van der Waals surface area contributed by atoms with Gasteiger partial charge in [0.2, 0.25) is 5.91 Å². The molecule has 1 N–H and O–H groups in total. The van der Waals surface area contributed by atoms with Gasteiger partial charge in [-0.05, 0) is 63.1 Å². The molecule has 2 saturated heterocycles. The Balaban J connectivity index is 1.52. The quantitative estimate of drug-likeness (QED) is 0.421. The molecule has 6 atom stereocenters. The van der Waals surface area contributed by atoms with E-state index in [9.17, 15) is 19.5 Å². The molecule has 2 aromatic rings. The van der Waals surface area contributed by atoms with Crippen molar-refractivity contribution >= 4 is 23.5 Å². The number of hydrogen-bond donors (Lipinski definition) is 1. The minimum absolute atomic E-state index is 0.267. The summed E-state index contributed by atoms with van der Waals surface area (Å²) < 4.78 is 12.7. The molecule has 0 aromatic heterocycles. The Morgan fingerprint density at radius 2 is 1.67 bits per heavy atom. The number of carbonyl (C=O) groups is 3. The average Bonchev–Trinajstić information content (AvgIpc) is 3.32. The highest BCUT2D eigenvalue weighted by atomic mass is 16.6. The first-order valence-electron chi connectivity index (χ1n) is 15.3. The fourth-order valence-corrected chi connectivity index (χ4v) is 7.70. The maximum Gasteiger partial charge on any atom is 0.313 e. The second kappa shape index (κ2) is 11.4. The molecule has 2 amide bonds. The van der Waals surface area contributed by atoms with E-state index in [1.807, 2.05) is 93.6 Å². The Kier molecular flexibility index (Phi) is 7.77. The molecule has 8 nitrogen and oxygen atoms in total. The predicted octanol–water partition coefficient (Wildman–Crippen LogP) is 4.06. The summed E-state index contributed by atoms with van der Waals surface area (Å²) in [5, 5.41) is 10.7. The minimum Gasteiger partial charge on any atom is -0.465 e. The average molecular weight is 585 g/mol. The van der Waals surface area contributed by atoms with Crippen LogP contribution in [-0.4, -0.2) is 70.8 Å². The largest absolute Gasteiger partial charge is 0.465 e. The number of aliphatic hydroxyl groups excluding tert-OH is 1. The van der Waals surface area contributed by atoms with E-state index in [1.54, 1.807) is 4.90 Å². The Morgan fingerprint density at radius 1 is 0.930 bits per heavy atom. The van der Waals surface area contributed by atoms with E-state index in [4.69, 9.17) is 9.47 Å². The van der Waals surface area contributed by atoms with Crippen molar-refractivity contribution in [3.63, 3.8) is 0 Å². The Morgan fingerprint density at radius 3 is 2.40 bits per heavy atom. The molecule has 0 radical (unpaired) electrons. The van der Waals surface area contributed by atoms with Crippen molar-refractivity contribution < 1.29 is 29.0 Å². The molecule has 1 spiro atoms. The van der Waals surface area contributed by atoms with E-state index in [2.05, 4.69) is 0 Å². The SMILES string of the molecule is Cc1cccc(C)c1N1CC=C[C@]23O[C@]4(C)/C=C\CCCCOC(=O)[C@@H]4[C@H]2C(=O)N([C@@H](CO)Cc2ccccc2)C3C1=O. The molecule has 0 aliphatic carbocycles. The number of likely N-dealkylation sites (tertiary alicyclic amines) is 1. The molecule has 4 heterocycles. The lowest BCUT2D eigenvalue weighted by atomic mass is 9.74. The third-order valence-electron chi connectivity index (χ3n) is 9.57. The van der Waals surface area contributed by atoms with E-state index in [0.717, 1.165) is 41.6 Å². The lowest BCUT2D eigenvalue weighted by Gasteiger charge is -2.40. The summed E-state index contributed by atoms with van der Waals surface area (Å²) in [5.41, 5.74) is 0.999. The number of nitrogens with zero attached hydrogens (tertiary/aromatic N) is 2. The number of ether oxygens (including phenoxy) is 2. The predicted molar refractivity (Wildman–Crippen MR) is 162 cm³/mol. The fraction of sp³-hybridized carbons (Fsp3) is 0.457. The molecule has 43 heavy (non-hydrogen) atoms. The number of amides is 2. The van der Waals surface area contributed by atoms with Crippen LogP contribution in [0.25, 0.3) is 0 Å². The molecule has 2 fully saturated rings. The summed E-state index contributed by atoms with van der Waals surface area (Å²) in [4.78, 5) is 46.7. The van der Waals surface area contributed by atoms with Gasteiger partial charge in [-0.15, -0.1) is 0 Å². The second-order valence-electron chi connectivity index (χ2n) is 12.4. The first kappa shape index (κ1) is 29.3. The van der Waals surface area contributed by atoms with Crippen molar-refractivity contribution in [2.45, 2.75) is 69.7 Å². The molecule has 0 saturated carbocycles. The zero-order chi connectivity index (χ0) is 30.4. The van der Waals surface area contributed by atoms with Crippen LogP contribution in [-0.2, 0) is 30.3 Å². The second-order valence-corrected chi connectivity index (χ2v) is 12.4. The van der Waals surface area contributed by atoms with Crippen molar-refractivity contribution in [2.24, 2.45) is 11.8 Å². The zero-order valence-corrected chi connectivity index (χ0v) is 25.1. The van der Waals surface area contributed by atoms with Crippen LogP contribution in [0.15, 0.2) is 72.8 Å². The summed E-state index contributed by atoms with van der Waals surface area (Å²) in [6, 6.07) is 13.7. The van der Waals surface area contributed by atoms with Gasteiger partial charge in [-0.25, -0.2) is 0 Å². The first-order chi connectivity index (χ1) is 20.7. The van der Waals surface area contributed by atoms with Crippen LogP contribution in [0.3, 0.4) is 0 Å². The summed E-state index contributed by atoms with van der Waals surface area (Å²) in [5.74, 6) is -3.12. The lowest BCUT2D eigenvalue weighted by molar-refractivity contribution is -0.160. The Labute approximate surface area is 253 Å². The van der Waals surface area contributed by atoms with Crippen molar-refractivity contribution in [1.82, 2.24) is 4.90 Å². The van der Waals surface area contributed by atoms with Crippen LogP contribution in [0.4, 0.5) is 5.69 Å². The van der Waals surface area contributed by atoms with Gasteiger partial charge in [0.25, 0.3) is 5.91 Å². The fourth-order valence-electron chi connectivity index (χ4n) is 7.70. The number of carbonyl (C=O) groups excluding carboxylic acids is 3. The highest BCUT2D eigenvalue weighted by molar-refractivity contribution is 6.06. The van der Waals surface area contributed by atoms with Crippen molar-refractivity contribution in [3.05, 3.63) is 89.5 Å². The molecule has 8 heteroatoms. The van der Waals surface area contributed by atoms with E-state index >= 15 is 0 Å². The smallest absolute Gasteiger partial charge is 0.313 e. The summed E-state index contributed by atoms with van der Waals surface area (Å²) >= 11 is 0. The number of aliphatic hydroxyl groups is 1. The number of esters is 1. The van der Waals surface area contributed by atoms with Gasteiger partial charge < -0.3 is 24.4 Å². The summed E-state index contributed by atoms with van der Waals surface area (Å²) in [7, 11) is 0. The monoisotopic (exact) mass is 584 g/mol. The van der Waals surface area contributed by atoms with Crippen LogP contribution >= 0.6 is 0 Å². The number of anilines is 1. The molecule has 4 aliphatic rings. The number of hydrogen-bond acceptors (Lipinski definition) is 6. The summed E-state index contributed by atoms with van der Waals surface area (Å²) in [6.45, 7) is 5.94. The normalized spacial score (nSPS) is 32.0. The number of allylic oxidation sites excluding steroid dienone is 1. The van der Waals surface area contributed by atoms with Crippen LogP contribution in [0.5, 0.6) is 0 Å². The molecular formula is C35H40N2O6. The van der Waals surface area contributed by atoms with Gasteiger partial charge >= 0.3 is 5.97 Å². The maximum atomic E-state index is 14.9. The van der Waals surface area contributed by atoms with Crippen molar-refractivity contribution in [2.75, 3.05) is 24.7 Å². The highest BCUT2D eigenvalue weighted by Gasteiger charge is 2.75. The van der Waals surface area contributed by atoms with Crippen LogP contribution in [0.2, 0.25) is 0 Å². The minimum atomic E-state index is -1.43. The number of fused-ring (bicyclic) bond motifs is 2. The molecule has 4 aliphatic heterocycles. The van der Waals surface area contributed by atoms with Crippen molar-refractivity contribution in [3.8, 4) is 0 Å². The van der Waals surface area contributed by atoms with E-state index in [1.165, 1.54) is 4.90 Å². The molecule has 0 bridgehead atoms. The Bertz CT molecular complexity index is 1450. The van der Waals surface area contributed by atoms with Gasteiger partial charge in [0.05, 0.1) is 30.8 Å². The highest BCUT2D eigenvalue weighted by Crippen LogP contribution is 2.57. The topological polar surface area (TPSA) is 96.4 Å². The van der Waals surface area contributed by atoms with E-state index in [0.29, 0.717) is 6.42 Å². The van der Waals surface area contributed by atoms with Crippen LogP contribution in [0, 0.1) is 25.7 Å². The Hall–Kier alpha value is -3.75. The maximum absolute atomic E-state index is 14.9. The lowest BCUT2D eigenvalue weighted by Crippen LogP contribution is -2.59. The van der Waals surface area contributed by atoms with E-state index in [-0.39, 0.29) is 31.6 Å². The van der Waals surface area contributed by atoms with Crippen LogP contribution in [0.1, 0.15) is 42.9 Å². The zero-order valence-electron chi connectivity index (χ0n) is 25.1. The molecule has 2 aromatic carbocycles. The van der Waals surface area contributed by atoms with Crippen LogP contribution < -0.4 is 4.90 Å². The summed E-state index contributed by atoms with van der Waals surface area (Å²) in [6.07, 6.45) is 10.3. The standard InChI is InChI=1S/C35H40N2O6/c1-23-13-11-14-24(2)29(23)36-19-12-18-35-27(28-33(41)42-20-10-5-4-9-17-34(28,3)43-35)31(39)37(30(35)32(36)40)26(22-38)21-25-15-7-6-8-16-25/h6-9,11-18,26-28,30,38H,4-5,10,19-22H2,1-3H3/b17-9-/t26-,27+,28+,30?,34-,35+/m1/s1. The van der Waals surface area contributed by atoms with Gasteiger partial charge in [0, 0.05) is 12.2 Å². The number of cyclic esters (lactones) is 1. The first-order valence-corrected chi connectivity index (χ1v) is 15.3. The number of rotatable bonds is 5.